The number of hydrogen-bond donors (Lipinski definition) is 0. The van der Waals surface area contributed by atoms with E-state index in [0.29, 0.717) is 0 Å². The fourth-order valence-corrected chi connectivity index (χ4v) is 5.70. The van der Waals surface area contributed by atoms with E-state index in [1.165, 1.54) is 54.5 Å². The topological polar surface area (TPSA) is 0 Å². The fraction of sp³-hybridized carbons (Fsp3) is 0.0588. The van der Waals surface area contributed by atoms with Crippen LogP contribution in [-0.4, -0.2) is 13.4 Å². The Labute approximate surface area is 214 Å². The van der Waals surface area contributed by atoms with E-state index in [2.05, 4.69) is 147 Å². The molecule has 0 heterocycles. The van der Waals surface area contributed by atoms with Gasteiger partial charge >= 0.3 is 0 Å². The van der Waals surface area contributed by atoms with Crippen molar-refractivity contribution in [3.63, 3.8) is 0 Å². The molecular weight excluding hydrogens is 430 g/mol. The molecule has 2 heteroatoms. The van der Waals surface area contributed by atoms with Gasteiger partial charge < -0.3 is 0 Å². The SMILES string of the molecule is CB(c1ccccc1)c1ccc2ccccc2c1-c1c(B(C)c2ccccc2)ccc2ccccc12. The minimum atomic E-state index is 0.268. The standard InChI is InChI=1S/C34H28B2/c1-35(27-15-5-3-6-16-27)31-23-21-25-13-9-11-19-29(25)33(31)34-30-20-12-10-14-26(30)22-24-32(34)36(2)28-17-7-4-8-18-28/h3-24H,1-2H3. The zero-order chi connectivity index (χ0) is 24.5. The van der Waals surface area contributed by atoms with Gasteiger partial charge in [0, 0.05) is 0 Å². The van der Waals surface area contributed by atoms with Crippen LogP contribution in [0.15, 0.2) is 133 Å². The van der Waals surface area contributed by atoms with Gasteiger partial charge in [-0.3, -0.25) is 0 Å². The van der Waals surface area contributed by atoms with E-state index < -0.39 is 0 Å². The van der Waals surface area contributed by atoms with Crippen LogP contribution in [0.25, 0.3) is 32.7 Å². The van der Waals surface area contributed by atoms with Crippen molar-refractivity contribution < 1.29 is 0 Å². The summed E-state index contributed by atoms with van der Waals surface area (Å²) in [6.07, 6.45) is 0. The normalized spacial score (nSPS) is 11.1. The molecule has 6 aromatic rings. The molecule has 0 aliphatic heterocycles. The summed E-state index contributed by atoms with van der Waals surface area (Å²) in [4.78, 5) is 0. The zero-order valence-corrected chi connectivity index (χ0v) is 20.9. The molecule has 0 radical (unpaired) electrons. The van der Waals surface area contributed by atoms with E-state index in [1.807, 2.05) is 0 Å². The van der Waals surface area contributed by atoms with Gasteiger partial charge in [-0.1, -0.05) is 169 Å². The van der Waals surface area contributed by atoms with Crippen molar-refractivity contribution in [3.8, 4) is 11.1 Å². The number of hydrogen-bond acceptors (Lipinski definition) is 0. The van der Waals surface area contributed by atoms with Crippen molar-refractivity contribution in [1.29, 1.82) is 0 Å². The molecule has 36 heavy (non-hydrogen) atoms. The molecule has 0 spiro atoms. The van der Waals surface area contributed by atoms with Crippen LogP contribution in [0.2, 0.25) is 13.6 Å². The molecule has 6 rings (SSSR count). The van der Waals surface area contributed by atoms with Crippen molar-refractivity contribution in [2.45, 2.75) is 13.6 Å². The lowest BCUT2D eigenvalue weighted by molar-refractivity contribution is 1.70. The Morgan fingerprint density at radius 3 is 1.14 bits per heavy atom. The summed E-state index contributed by atoms with van der Waals surface area (Å²) in [5.74, 6) is 0. The third kappa shape index (κ3) is 3.93. The minimum Gasteiger partial charge on any atom is -0.0774 e. The maximum Gasteiger partial charge on any atom is 0.207 e. The summed E-state index contributed by atoms with van der Waals surface area (Å²) < 4.78 is 0. The molecule has 6 aromatic carbocycles. The van der Waals surface area contributed by atoms with Crippen molar-refractivity contribution in [2.75, 3.05) is 0 Å². The highest BCUT2D eigenvalue weighted by atomic mass is 14.2. The molecule has 0 aromatic heterocycles. The van der Waals surface area contributed by atoms with Crippen LogP contribution in [0.3, 0.4) is 0 Å². The third-order valence-corrected chi connectivity index (χ3v) is 7.70. The molecule has 0 saturated heterocycles. The minimum absolute atomic E-state index is 0.268. The Morgan fingerprint density at radius 2 is 0.722 bits per heavy atom. The Kier molecular flexibility index (Phi) is 5.95. The van der Waals surface area contributed by atoms with E-state index in [-0.39, 0.29) is 13.4 Å². The van der Waals surface area contributed by atoms with Gasteiger partial charge in [0.2, 0.25) is 13.4 Å². The van der Waals surface area contributed by atoms with Gasteiger partial charge in [-0.25, -0.2) is 0 Å². The second kappa shape index (κ2) is 9.55. The fourth-order valence-electron chi connectivity index (χ4n) is 5.70. The summed E-state index contributed by atoms with van der Waals surface area (Å²) in [5, 5.41) is 5.19. The van der Waals surface area contributed by atoms with E-state index in [9.17, 15) is 0 Å². The Balaban J connectivity index is 1.72. The monoisotopic (exact) mass is 458 g/mol. The first kappa shape index (κ1) is 22.4. The van der Waals surface area contributed by atoms with Crippen LogP contribution < -0.4 is 21.9 Å². The molecule has 0 nitrogen and oxygen atoms in total. The second-order valence-corrected chi connectivity index (χ2v) is 9.77. The summed E-state index contributed by atoms with van der Waals surface area (Å²) in [5.41, 5.74) is 8.15. The van der Waals surface area contributed by atoms with E-state index in [1.54, 1.807) is 0 Å². The lowest BCUT2D eigenvalue weighted by atomic mass is 9.39. The average molecular weight is 458 g/mol. The first-order valence-electron chi connectivity index (χ1n) is 12.9. The number of fused-ring (bicyclic) bond motifs is 2. The summed E-state index contributed by atoms with van der Waals surface area (Å²) in [7, 11) is 0. The Hall–Kier alpha value is -4.03. The van der Waals surface area contributed by atoms with Crippen molar-refractivity contribution in [2.24, 2.45) is 0 Å². The molecule has 0 aliphatic rings. The van der Waals surface area contributed by atoms with Gasteiger partial charge in [0.25, 0.3) is 0 Å². The molecule has 0 unspecified atom stereocenters. The molecule has 0 bridgehead atoms. The van der Waals surface area contributed by atoms with Crippen LogP contribution in [0.4, 0.5) is 0 Å². The highest BCUT2D eigenvalue weighted by molar-refractivity contribution is 6.87. The smallest absolute Gasteiger partial charge is 0.0774 e. The molecule has 170 valence electrons. The predicted molar refractivity (Wildman–Crippen MR) is 162 cm³/mol. The molecule has 0 amide bonds. The van der Waals surface area contributed by atoms with E-state index in [4.69, 9.17) is 0 Å². The lowest BCUT2D eigenvalue weighted by Gasteiger charge is -2.23. The first-order valence-corrected chi connectivity index (χ1v) is 12.9. The summed E-state index contributed by atoms with van der Waals surface area (Å²) in [6.45, 7) is 5.22. The Bertz CT molecular complexity index is 1530. The largest absolute Gasteiger partial charge is 0.207 e. The molecule has 0 saturated carbocycles. The van der Waals surface area contributed by atoms with E-state index in [0.717, 1.165) is 0 Å². The molecule has 0 atom stereocenters. The maximum absolute atomic E-state index is 2.36. The Morgan fingerprint density at radius 1 is 0.361 bits per heavy atom. The van der Waals surface area contributed by atoms with Crippen molar-refractivity contribution in [1.82, 2.24) is 0 Å². The molecule has 0 fully saturated rings. The van der Waals surface area contributed by atoms with Gasteiger partial charge in [0.1, 0.15) is 0 Å². The van der Waals surface area contributed by atoms with E-state index >= 15 is 0 Å². The van der Waals surface area contributed by atoms with Gasteiger partial charge in [-0.2, -0.15) is 0 Å². The van der Waals surface area contributed by atoms with Gasteiger partial charge in [-0.15, -0.1) is 0 Å². The predicted octanol–water partition coefficient (Wildman–Crippen LogP) is 6.14. The first-order chi connectivity index (χ1) is 17.7. The summed E-state index contributed by atoms with van der Waals surface area (Å²) >= 11 is 0. The number of rotatable bonds is 5. The van der Waals surface area contributed by atoms with Crippen molar-refractivity contribution in [3.05, 3.63) is 133 Å². The quantitative estimate of drug-likeness (QED) is 0.273. The average Bonchev–Trinajstić information content (AvgIpc) is 2.96. The van der Waals surface area contributed by atoms with Crippen LogP contribution in [0, 0.1) is 0 Å². The van der Waals surface area contributed by atoms with Crippen molar-refractivity contribution >= 4 is 56.8 Å². The van der Waals surface area contributed by atoms with Gasteiger partial charge in [-0.05, 0) is 32.7 Å². The molecule has 0 N–H and O–H groups in total. The lowest BCUT2D eigenvalue weighted by Crippen LogP contribution is -2.43. The summed E-state index contributed by atoms with van der Waals surface area (Å²) in [6, 6.07) is 48.8. The number of benzene rings is 6. The maximum atomic E-state index is 2.36. The highest BCUT2D eigenvalue weighted by Gasteiger charge is 2.25. The van der Waals surface area contributed by atoms with Gasteiger partial charge in [0.15, 0.2) is 0 Å². The molecule has 0 aliphatic carbocycles. The molecular formula is C34H28B2. The van der Waals surface area contributed by atoms with Crippen LogP contribution in [0.1, 0.15) is 0 Å². The van der Waals surface area contributed by atoms with Gasteiger partial charge in [0.05, 0.1) is 0 Å². The zero-order valence-electron chi connectivity index (χ0n) is 20.9. The second-order valence-electron chi connectivity index (χ2n) is 9.77. The van der Waals surface area contributed by atoms with Crippen LogP contribution in [0.5, 0.6) is 0 Å². The third-order valence-electron chi connectivity index (χ3n) is 7.70. The van der Waals surface area contributed by atoms with Crippen LogP contribution in [-0.2, 0) is 0 Å². The van der Waals surface area contributed by atoms with Crippen LogP contribution >= 0.6 is 0 Å². The highest BCUT2D eigenvalue weighted by Crippen LogP contribution is 2.32.